The van der Waals surface area contributed by atoms with Gasteiger partial charge in [-0.15, -0.1) is 0 Å². The molecule has 0 aliphatic carbocycles. The van der Waals surface area contributed by atoms with Crippen LogP contribution in [0.3, 0.4) is 0 Å². The molecule has 0 spiro atoms. The number of hydrogen-bond acceptors (Lipinski definition) is 1. The molecule has 0 bridgehead atoms. The number of halogens is 2. The van der Waals surface area contributed by atoms with Crippen LogP contribution in [0.5, 0.6) is 0 Å². The minimum atomic E-state index is 0.602. The molecule has 0 amide bonds. The van der Waals surface area contributed by atoms with Crippen molar-refractivity contribution in [1.29, 1.82) is 0 Å². The van der Waals surface area contributed by atoms with Crippen molar-refractivity contribution in [1.82, 2.24) is 9.97 Å². The van der Waals surface area contributed by atoms with Gasteiger partial charge in [0.05, 0.1) is 21.3 Å². The molecule has 0 radical (unpaired) electrons. The van der Waals surface area contributed by atoms with Crippen molar-refractivity contribution < 1.29 is 0 Å². The van der Waals surface area contributed by atoms with Gasteiger partial charge >= 0.3 is 0 Å². The van der Waals surface area contributed by atoms with Gasteiger partial charge in [0, 0.05) is 16.3 Å². The number of hydrogen-bond donors (Lipinski definition) is 1. The molecule has 0 fully saturated rings. The van der Waals surface area contributed by atoms with E-state index in [1.54, 1.807) is 0 Å². The number of H-pyrrole nitrogens is 1. The van der Waals surface area contributed by atoms with E-state index in [4.69, 9.17) is 23.2 Å². The van der Waals surface area contributed by atoms with E-state index in [-0.39, 0.29) is 0 Å². The molecule has 19 heavy (non-hydrogen) atoms. The van der Waals surface area contributed by atoms with Gasteiger partial charge in [0.25, 0.3) is 0 Å². The zero-order valence-corrected chi connectivity index (χ0v) is 11.3. The Labute approximate surface area is 119 Å². The molecular weight excluding hydrogens is 279 g/mol. The lowest BCUT2D eigenvalue weighted by Crippen LogP contribution is -1.89. The van der Waals surface area contributed by atoms with Crippen LogP contribution in [0.25, 0.3) is 33.2 Å². The fraction of sp³-hybridized carbons (Fsp3) is 0. The van der Waals surface area contributed by atoms with Crippen LogP contribution in [0, 0.1) is 0 Å². The molecule has 0 aromatic heterocycles. The zero-order valence-electron chi connectivity index (χ0n) is 9.74. The molecule has 2 aromatic carbocycles. The Morgan fingerprint density at radius 3 is 2.68 bits per heavy atom. The molecule has 0 atom stereocenters. The van der Waals surface area contributed by atoms with Crippen molar-refractivity contribution >= 4 is 45.0 Å². The minimum absolute atomic E-state index is 0.602. The summed E-state index contributed by atoms with van der Waals surface area (Å²) in [7, 11) is 0. The van der Waals surface area contributed by atoms with Crippen LogP contribution >= 0.6 is 23.2 Å². The first-order chi connectivity index (χ1) is 9.25. The third-order valence-corrected chi connectivity index (χ3v) is 4.03. The molecule has 2 aliphatic rings. The second kappa shape index (κ2) is 3.86. The standard InChI is InChI=1S/C15H8Cl2N2/c16-9-5-3-7-11-12(9)13(17)15-14(19-11)8-4-1-2-6-10(8)18-15/h1-7,19H. The van der Waals surface area contributed by atoms with Crippen molar-refractivity contribution in [3.8, 4) is 11.4 Å². The van der Waals surface area contributed by atoms with Crippen LogP contribution in [-0.4, -0.2) is 9.97 Å². The lowest BCUT2D eigenvalue weighted by Gasteiger charge is -2.08. The number of fused-ring (bicyclic) bond motifs is 4. The first-order valence-corrected chi connectivity index (χ1v) is 6.65. The molecule has 0 unspecified atom stereocenters. The highest BCUT2D eigenvalue weighted by molar-refractivity contribution is 6.44. The lowest BCUT2D eigenvalue weighted by atomic mass is 10.1. The third-order valence-electron chi connectivity index (χ3n) is 3.34. The Morgan fingerprint density at radius 1 is 0.947 bits per heavy atom. The summed E-state index contributed by atoms with van der Waals surface area (Å²) in [6, 6.07) is 13.7. The second-order valence-electron chi connectivity index (χ2n) is 4.45. The highest BCUT2D eigenvalue weighted by Gasteiger charge is 2.19. The Kier molecular flexibility index (Phi) is 2.25. The van der Waals surface area contributed by atoms with Gasteiger partial charge in [-0.05, 0) is 18.2 Å². The van der Waals surface area contributed by atoms with E-state index < -0.39 is 0 Å². The largest absolute Gasteiger partial charge is 0.353 e. The van der Waals surface area contributed by atoms with Crippen LogP contribution in [0.15, 0.2) is 42.5 Å². The van der Waals surface area contributed by atoms with Gasteiger partial charge in [-0.1, -0.05) is 47.5 Å². The molecular formula is C15H8Cl2N2. The van der Waals surface area contributed by atoms with Crippen LogP contribution < -0.4 is 0 Å². The van der Waals surface area contributed by atoms with E-state index >= 15 is 0 Å². The normalized spacial score (nSPS) is 11.7. The van der Waals surface area contributed by atoms with Crippen molar-refractivity contribution in [3.63, 3.8) is 0 Å². The molecule has 2 aliphatic heterocycles. The maximum atomic E-state index is 6.48. The molecule has 0 saturated carbocycles. The first kappa shape index (κ1) is 11.1. The van der Waals surface area contributed by atoms with Crippen LogP contribution in [0.2, 0.25) is 10.0 Å². The highest BCUT2D eigenvalue weighted by Crippen LogP contribution is 2.40. The van der Waals surface area contributed by atoms with Crippen LogP contribution in [0.4, 0.5) is 0 Å². The molecule has 2 nitrogen and oxygen atoms in total. The Balaban J connectivity index is 2.30. The predicted octanol–water partition coefficient (Wildman–Crippen LogP) is 5.13. The topological polar surface area (TPSA) is 28.7 Å². The second-order valence-corrected chi connectivity index (χ2v) is 5.24. The minimum Gasteiger partial charge on any atom is -0.353 e. The first-order valence-electron chi connectivity index (χ1n) is 5.90. The van der Waals surface area contributed by atoms with Crippen molar-refractivity contribution in [3.05, 3.63) is 52.5 Å². The summed E-state index contributed by atoms with van der Waals surface area (Å²) in [4.78, 5) is 7.97. The zero-order chi connectivity index (χ0) is 13.0. The van der Waals surface area contributed by atoms with E-state index in [0.717, 1.165) is 33.2 Å². The number of rotatable bonds is 0. The van der Waals surface area contributed by atoms with Gasteiger partial charge in [-0.25, -0.2) is 4.98 Å². The van der Waals surface area contributed by atoms with Crippen molar-refractivity contribution in [2.75, 3.05) is 0 Å². The Morgan fingerprint density at radius 2 is 1.79 bits per heavy atom. The van der Waals surface area contributed by atoms with Gasteiger partial charge < -0.3 is 4.98 Å². The summed E-state index contributed by atoms with van der Waals surface area (Å²) >= 11 is 12.7. The number of nitrogens with zero attached hydrogens (tertiary/aromatic N) is 1. The summed E-state index contributed by atoms with van der Waals surface area (Å²) in [5.41, 5.74) is 3.57. The number of nitrogens with one attached hydrogen (secondary N) is 1. The highest BCUT2D eigenvalue weighted by atomic mass is 35.5. The molecule has 4 heteroatoms. The fourth-order valence-electron chi connectivity index (χ4n) is 2.48. The number of benzene rings is 2. The van der Waals surface area contributed by atoms with Gasteiger partial charge in [0.2, 0.25) is 0 Å². The molecule has 2 heterocycles. The van der Waals surface area contributed by atoms with E-state index in [9.17, 15) is 0 Å². The number of pyridine rings is 1. The lowest BCUT2D eigenvalue weighted by molar-refractivity contribution is 1.37. The fourth-order valence-corrected chi connectivity index (χ4v) is 3.13. The number of para-hydroxylation sites is 1. The Hall–Kier alpha value is -1.77. The SMILES string of the molecule is Clc1cccc2[nH]c3c4ccccc4nc-3c(Cl)c12. The van der Waals surface area contributed by atoms with Gasteiger partial charge in [-0.2, -0.15) is 0 Å². The maximum Gasteiger partial charge on any atom is 0.107 e. The maximum absolute atomic E-state index is 6.48. The third kappa shape index (κ3) is 1.47. The van der Waals surface area contributed by atoms with Crippen molar-refractivity contribution in [2.24, 2.45) is 0 Å². The molecule has 1 N–H and O–H groups in total. The number of aromatic nitrogens is 2. The van der Waals surface area contributed by atoms with Crippen LogP contribution in [-0.2, 0) is 0 Å². The van der Waals surface area contributed by atoms with E-state index in [1.165, 1.54) is 0 Å². The van der Waals surface area contributed by atoms with Gasteiger partial charge in [-0.3, -0.25) is 0 Å². The van der Waals surface area contributed by atoms with E-state index in [2.05, 4.69) is 9.97 Å². The summed E-state index contributed by atoms with van der Waals surface area (Å²) < 4.78 is 0. The quantitative estimate of drug-likeness (QED) is 0.477. The van der Waals surface area contributed by atoms with E-state index in [1.807, 2.05) is 42.5 Å². The molecule has 2 aromatic rings. The molecule has 92 valence electrons. The Bertz CT molecular complexity index is 895. The summed E-state index contributed by atoms with van der Waals surface area (Å²) in [5, 5.41) is 3.13. The average Bonchev–Trinajstić information content (AvgIpc) is 2.78. The van der Waals surface area contributed by atoms with Crippen molar-refractivity contribution in [2.45, 2.75) is 0 Å². The van der Waals surface area contributed by atoms with Crippen LogP contribution in [0.1, 0.15) is 0 Å². The molecule has 0 saturated heterocycles. The summed E-state index contributed by atoms with van der Waals surface area (Å²) in [6.07, 6.45) is 0. The predicted molar refractivity (Wildman–Crippen MR) is 80.2 cm³/mol. The smallest absolute Gasteiger partial charge is 0.107 e. The van der Waals surface area contributed by atoms with Gasteiger partial charge in [0.1, 0.15) is 5.69 Å². The number of aromatic amines is 1. The summed E-state index contributed by atoms with van der Waals surface area (Å²) in [6.45, 7) is 0. The average molecular weight is 287 g/mol. The van der Waals surface area contributed by atoms with E-state index in [0.29, 0.717) is 10.0 Å². The van der Waals surface area contributed by atoms with Gasteiger partial charge in [0.15, 0.2) is 0 Å². The monoisotopic (exact) mass is 286 g/mol. The molecule has 4 rings (SSSR count). The summed E-state index contributed by atoms with van der Waals surface area (Å²) in [5.74, 6) is 0.